The molecular weight excluding hydrogens is 204 g/mol. The number of methoxy groups -OCH3 is 1. The van der Waals surface area contributed by atoms with Crippen molar-refractivity contribution >= 4 is 17.3 Å². The minimum atomic E-state index is -0.161. The Hall–Kier alpha value is -1.71. The molecule has 1 aromatic rings. The summed E-state index contributed by atoms with van der Waals surface area (Å²) in [4.78, 5) is 13.0. The fourth-order valence-corrected chi connectivity index (χ4v) is 1.42. The molecule has 0 atom stereocenters. The van der Waals surface area contributed by atoms with Gasteiger partial charge in [0.25, 0.3) is 0 Å². The molecular formula is C12H18N2O2. The second-order valence-electron chi connectivity index (χ2n) is 3.69. The van der Waals surface area contributed by atoms with Crippen LogP contribution in [-0.4, -0.2) is 26.7 Å². The molecule has 0 heterocycles. The number of carbonyl (C=O) groups is 1. The summed E-state index contributed by atoms with van der Waals surface area (Å²) in [5, 5.41) is 0. The van der Waals surface area contributed by atoms with Crippen LogP contribution in [0.15, 0.2) is 24.3 Å². The first-order chi connectivity index (χ1) is 7.63. The van der Waals surface area contributed by atoms with Gasteiger partial charge in [-0.2, -0.15) is 0 Å². The molecule has 88 valence electrons. The Bertz CT molecular complexity index is 335. The van der Waals surface area contributed by atoms with E-state index in [9.17, 15) is 4.79 Å². The molecule has 0 amide bonds. The van der Waals surface area contributed by atoms with E-state index in [1.54, 1.807) is 0 Å². The van der Waals surface area contributed by atoms with Crippen LogP contribution in [0.1, 0.15) is 12.8 Å². The molecule has 1 aromatic carbocycles. The first-order valence-electron chi connectivity index (χ1n) is 5.27. The van der Waals surface area contributed by atoms with Crippen molar-refractivity contribution in [3.8, 4) is 0 Å². The van der Waals surface area contributed by atoms with Gasteiger partial charge in [-0.25, -0.2) is 0 Å². The van der Waals surface area contributed by atoms with Crippen LogP contribution in [0.5, 0.6) is 0 Å². The number of nitrogens with two attached hydrogens (primary N) is 1. The van der Waals surface area contributed by atoms with Gasteiger partial charge in [-0.05, 0) is 30.7 Å². The Kier molecular flexibility index (Phi) is 4.64. The first kappa shape index (κ1) is 12.4. The SMILES string of the molecule is COC(=O)CCCN(C)c1ccc(N)cc1. The maximum atomic E-state index is 10.9. The van der Waals surface area contributed by atoms with Gasteiger partial charge in [0.1, 0.15) is 0 Å². The number of hydrogen-bond acceptors (Lipinski definition) is 4. The van der Waals surface area contributed by atoms with Crippen molar-refractivity contribution in [3.63, 3.8) is 0 Å². The van der Waals surface area contributed by atoms with Crippen LogP contribution in [0.25, 0.3) is 0 Å². The number of carbonyl (C=O) groups excluding carboxylic acids is 1. The van der Waals surface area contributed by atoms with E-state index in [1.165, 1.54) is 7.11 Å². The lowest BCUT2D eigenvalue weighted by molar-refractivity contribution is -0.140. The van der Waals surface area contributed by atoms with E-state index in [1.807, 2.05) is 31.3 Å². The zero-order valence-corrected chi connectivity index (χ0v) is 9.77. The first-order valence-corrected chi connectivity index (χ1v) is 5.27. The molecule has 0 bridgehead atoms. The van der Waals surface area contributed by atoms with E-state index in [0.717, 1.165) is 24.3 Å². The molecule has 0 saturated carbocycles. The van der Waals surface area contributed by atoms with E-state index in [-0.39, 0.29) is 5.97 Å². The van der Waals surface area contributed by atoms with E-state index < -0.39 is 0 Å². The van der Waals surface area contributed by atoms with Crippen molar-refractivity contribution < 1.29 is 9.53 Å². The number of nitrogens with zero attached hydrogens (tertiary/aromatic N) is 1. The highest BCUT2D eigenvalue weighted by Crippen LogP contribution is 2.15. The zero-order chi connectivity index (χ0) is 12.0. The smallest absolute Gasteiger partial charge is 0.305 e. The Morgan fingerprint density at radius 2 is 2.00 bits per heavy atom. The third-order valence-electron chi connectivity index (χ3n) is 2.44. The Morgan fingerprint density at radius 1 is 1.38 bits per heavy atom. The molecule has 16 heavy (non-hydrogen) atoms. The molecule has 0 fully saturated rings. The topological polar surface area (TPSA) is 55.6 Å². The molecule has 0 unspecified atom stereocenters. The largest absolute Gasteiger partial charge is 0.469 e. The minimum Gasteiger partial charge on any atom is -0.469 e. The highest BCUT2D eigenvalue weighted by molar-refractivity contribution is 5.69. The van der Waals surface area contributed by atoms with E-state index in [0.29, 0.717) is 6.42 Å². The second kappa shape index (κ2) is 6.00. The monoisotopic (exact) mass is 222 g/mol. The molecule has 0 aliphatic carbocycles. The van der Waals surface area contributed by atoms with Crippen LogP contribution in [0.4, 0.5) is 11.4 Å². The Balaban J connectivity index is 2.37. The summed E-state index contributed by atoms with van der Waals surface area (Å²) in [7, 11) is 3.40. The van der Waals surface area contributed by atoms with Gasteiger partial charge in [-0.1, -0.05) is 0 Å². The van der Waals surface area contributed by atoms with Gasteiger partial charge in [-0.3, -0.25) is 4.79 Å². The molecule has 0 saturated heterocycles. The van der Waals surface area contributed by atoms with Crippen molar-refractivity contribution in [2.75, 3.05) is 31.3 Å². The predicted molar refractivity (Wildman–Crippen MR) is 65.4 cm³/mol. The third-order valence-corrected chi connectivity index (χ3v) is 2.44. The fraction of sp³-hybridized carbons (Fsp3) is 0.417. The van der Waals surface area contributed by atoms with Gasteiger partial charge in [-0.15, -0.1) is 0 Å². The number of nitrogen functional groups attached to an aromatic ring is 1. The predicted octanol–water partition coefficient (Wildman–Crippen LogP) is 1.66. The lowest BCUT2D eigenvalue weighted by atomic mass is 10.2. The number of hydrogen-bond donors (Lipinski definition) is 1. The average Bonchev–Trinajstić information content (AvgIpc) is 2.29. The standard InChI is InChI=1S/C12H18N2O2/c1-14(9-3-4-12(15)16-2)11-7-5-10(13)6-8-11/h5-8H,3-4,9,13H2,1-2H3. The molecule has 0 aliphatic rings. The summed E-state index contributed by atoms with van der Waals surface area (Å²) in [6, 6.07) is 7.67. The van der Waals surface area contributed by atoms with Crippen LogP contribution in [0.3, 0.4) is 0 Å². The lowest BCUT2D eigenvalue weighted by Crippen LogP contribution is -2.19. The molecule has 4 nitrogen and oxygen atoms in total. The maximum Gasteiger partial charge on any atom is 0.305 e. The van der Waals surface area contributed by atoms with Gasteiger partial charge >= 0.3 is 5.97 Å². The summed E-state index contributed by atoms with van der Waals surface area (Å²) in [5.74, 6) is -0.161. The highest BCUT2D eigenvalue weighted by Gasteiger charge is 2.03. The summed E-state index contributed by atoms with van der Waals surface area (Å²) < 4.78 is 4.58. The maximum absolute atomic E-state index is 10.9. The van der Waals surface area contributed by atoms with Gasteiger partial charge in [0.05, 0.1) is 7.11 Å². The Morgan fingerprint density at radius 3 is 2.56 bits per heavy atom. The van der Waals surface area contributed by atoms with Gasteiger partial charge in [0.15, 0.2) is 0 Å². The van der Waals surface area contributed by atoms with Crippen LogP contribution >= 0.6 is 0 Å². The van der Waals surface area contributed by atoms with Crippen LogP contribution in [-0.2, 0) is 9.53 Å². The summed E-state index contributed by atoms with van der Waals surface area (Å²) in [6.07, 6.45) is 1.24. The van der Waals surface area contributed by atoms with Gasteiger partial charge < -0.3 is 15.4 Å². The van der Waals surface area contributed by atoms with Crippen molar-refractivity contribution in [2.45, 2.75) is 12.8 Å². The highest BCUT2D eigenvalue weighted by atomic mass is 16.5. The molecule has 0 spiro atoms. The molecule has 1 rings (SSSR count). The van der Waals surface area contributed by atoms with E-state index in [4.69, 9.17) is 5.73 Å². The number of anilines is 2. The van der Waals surface area contributed by atoms with Crippen molar-refractivity contribution in [2.24, 2.45) is 0 Å². The normalized spacial score (nSPS) is 9.88. The van der Waals surface area contributed by atoms with Gasteiger partial charge in [0.2, 0.25) is 0 Å². The molecule has 0 aromatic heterocycles. The van der Waals surface area contributed by atoms with Crippen molar-refractivity contribution in [3.05, 3.63) is 24.3 Å². The van der Waals surface area contributed by atoms with Gasteiger partial charge in [0, 0.05) is 31.4 Å². The number of ether oxygens (including phenoxy) is 1. The zero-order valence-electron chi connectivity index (χ0n) is 9.77. The molecule has 2 N–H and O–H groups in total. The van der Waals surface area contributed by atoms with Crippen LogP contribution in [0, 0.1) is 0 Å². The van der Waals surface area contributed by atoms with Crippen LogP contribution < -0.4 is 10.6 Å². The summed E-state index contributed by atoms with van der Waals surface area (Å²) >= 11 is 0. The van der Waals surface area contributed by atoms with E-state index >= 15 is 0 Å². The minimum absolute atomic E-state index is 0.161. The number of benzene rings is 1. The number of rotatable bonds is 5. The number of esters is 1. The molecule has 0 aliphatic heterocycles. The van der Waals surface area contributed by atoms with E-state index in [2.05, 4.69) is 9.64 Å². The van der Waals surface area contributed by atoms with Crippen molar-refractivity contribution in [1.82, 2.24) is 0 Å². The Labute approximate surface area is 96.0 Å². The molecule has 0 radical (unpaired) electrons. The summed E-state index contributed by atoms with van der Waals surface area (Å²) in [6.45, 7) is 0.818. The van der Waals surface area contributed by atoms with Crippen molar-refractivity contribution in [1.29, 1.82) is 0 Å². The second-order valence-corrected chi connectivity index (χ2v) is 3.69. The average molecular weight is 222 g/mol. The fourth-order valence-electron chi connectivity index (χ4n) is 1.42. The molecule has 4 heteroatoms. The lowest BCUT2D eigenvalue weighted by Gasteiger charge is -2.18. The summed E-state index contributed by atoms with van der Waals surface area (Å²) in [5.41, 5.74) is 7.46. The van der Waals surface area contributed by atoms with Crippen LogP contribution in [0.2, 0.25) is 0 Å². The third kappa shape index (κ3) is 3.81. The quantitative estimate of drug-likeness (QED) is 0.608.